The zero-order chi connectivity index (χ0) is 24.6. The van der Waals surface area contributed by atoms with Crippen molar-refractivity contribution in [3.05, 3.63) is 88.4 Å². The highest BCUT2D eigenvalue weighted by Gasteiger charge is 2.59. The summed E-state index contributed by atoms with van der Waals surface area (Å²) < 4.78 is 5.46. The molecule has 0 radical (unpaired) electrons. The fourth-order valence-corrected chi connectivity index (χ4v) is 6.10. The largest absolute Gasteiger partial charge is 0.497 e. The fraction of sp³-hybridized carbons (Fsp3) is 0.192. The summed E-state index contributed by atoms with van der Waals surface area (Å²) in [5.41, 5.74) is 3.38. The molecule has 9 heteroatoms. The van der Waals surface area contributed by atoms with Crippen molar-refractivity contribution in [1.29, 1.82) is 5.26 Å². The Balaban J connectivity index is 1.54. The number of benzene rings is 3. The van der Waals surface area contributed by atoms with Crippen molar-refractivity contribution in [3.8, 4) is 11.8 Å². The zero-order valence-electron chi connectivity index (χ0n) is 18.8. The second kappa shape index (κ2) is 9.17. The number of hydrogen-bond acceptors (Lipinski definition) is 5. The molecule has 1 saturated heterocycles. The molecular weight excluding hydrogens is 484 g/mol. The van der Waals surface area contributed by atoms with Crippen LogP contribution in [0.2, 0.25) is 5.02 Å². The normalized spacial score (nSPS) is 18.5. The number of ether oxygens (including phenoxy) is 1. The lowest BCUT2D eigenvalue weighted by atomic mass is 10.1. The summed E-state index contributed by atoms with van der Waals surface area (Å²) in [7, 11) is 1.57. The second-order valence-electron chi connectivity index (χ2n) is 8.17. The molecule has 2 aliphatic rings. The van der Waals surface area contributed by atoms with Crippen LogP contribution in [0.25, 0.3) is 0 Å². The molecule has 5 rings (SSSR count). The number of nitriles is 1. The maximum Gasteiger partial charge on any atom is 0.323 e. The Kier molecular flexibility index (Phi) is 6.05. The Labute approximate surface area is 212 Å². The Morgan fingerprint density at radius 2 is 2.00 bits per heavy atom. The van der Waals surface area contributed by atoms with E-state index in [-0.39, 0.29) is 18.5 Å². The monoisotopic (exact) mass is 504 g/mol. The van der Waals surface area contributed by atoms with E-state index >= 15 is 0 Å². The van der Waals surface area contributed by atoms with Crippen molar-refractivity contribution in [2.75, 3.05) is 29.6 Å². The summed E-state index contributed by atoms with van der Waals surface area (Å²) in [4.78, 5) is 29.6. The van der Waals surface area contributed by atoms with E-state index in [4.69, 9.17) is 16.3 Å². The van der Waals surface area contributed by atoms with Gasteiger partial charge in [-0.05, 0) is 60.2 Å². The van der Waals surface area contributed by atoms with Crippen molar-refractivity contribution < 1.29 is 14.3 Å². The summed E-state index contributed by atoms with van der Waals surface area (Å²) >= 11 is 7.41. The maximum absolute atomic E-state index is 14.1. The Morgan fingerprint density at radius 3 is 2.74 bits per heavy atom. The summed E-state index contributed by atoms with van der Waals surface area (Å²) in [5, 5.41) is 12.8. The number of anilines is 2. The van der Waals surface area contributed by atoms with Gasteiger partial charge in [-0.25, -0.2) is 4.79 Å². The Hall–Kier alpha value is -3.67. The molecule has 176 valence electrons. The van der Waals surface area contributed by atoms with Gasteiger partial charge >= 0.3 is 6.03 Å². The van der Waals surface area contributed by atoms with Crippen molar-refractivity contribution >= 4 is 46.7 Å². The molecule has 1 unspecified atom stereocenters. The minimum Gasteiger partial charge on any atom is -0.497 e. The summed E-state index contributed by atoms with van der Waals surface area (Å²) in [5.74, 6) is 1.01. The second-order valence-corrected chi connectivity index (χ2v) is 9.89. The minimum absolute atomic E-state index is 0.197. The molecule has 0 aromatic heterocycles. The van der Waals surface area contributed by atoms with Crippen LogP contribution in [-0.4, -0.2) is 36.2 Å². The first-order valence-electron chi connectivity index (χ1n) is 10.9. The summed E-state index contributed by atoms with van der Waals surface area (Å²) in [6.45, 7) is 0.687. The molecule has 0 bridgehead atoms. The fourth-order valence-electron chi connectivity index (χ4n) is 4.52. The Morgan fingerprint density at radius 1 is 1.20 bits per heavy atom. The number of carbonyl (C=O) groups excluding carboxylic acids is 2. The molecule has 0 saturated carbocycles. The number of nitrogens with zero attached hydrogens (tertiary/aromatic N) is 3. The molecule has 2 aliphatic heterocycles. The first kappa shape index (κ1) is 23.1. The first-order valence-corrected chi connectivity index (χ1v) is 12.3. The third kappa shape index (κ3) is 3.97. The molecule has 7 nitrogen and oxygen atoms in total. The highest BCUT2D eigenvalue weighted by molar-refractivity contribution is 8.01. The number of amides is 3. The van der Waals surface area contributed by atoms with Gasteiger partial charge in [0.1, 0.15) is 5.75 Å². The van der Waals surface area contributed by atoms with Gasteiger partial charge < -0.3 is 15.0 Å². The van der Waals surface area contributed by atoms with Crippen LogP contribution in [0.15, 0.2) is 66.7 Å². The Bertz CT molecular complexity index is 1360. The number of methoxy groups -OCH3 is 1. The molecule has 0 aliphatic carbocycles. The van der Waals surface area contributed by atoms with Gasteiger partial charge in [-0.15, -0.1) is 11.8 Å². The molecular formula is C26H21ClN4O3S. The summed E-state index contributed by atoms with van der Waals surface area (Å²) in [6, 6.07) is 21.3. The van der Waals surface area contributed by atoms with Crippen LogP contribution < -0.4 is 15.0 Å². The lowest BCUT2D eigenvalue weighted by molar-refractivity contribution is -0.123. The van der Waals surface area contributed by atoms with Crippen molar-refractivity contribution in [1.82, 2.24) is 4.90 Å². The van der Waals surface area contributed by atoms with Crippen LogP contribution >= 0.6 is 23.4 Å². The number of fused-ring (bicyclic) bond motifs is 2. The van der Waals surface area contributed by atoms with Crippen LogP contribution in [0.4, 0.5) is 16.2 Å². The van der Waals surface area contributed by atoms with Gasteiger partial charge in [0.05, 0.1) is 31.0 Å². The van der Waals surface area contributed by atoms with Gasteiger partial charge in [0.2, 0.25) is 0 Å². The highest BCUT2D eigenvalue weighted by atomic mass is 35.5. The van der Waals surface area contributed by atoms with Crippen LogP contribution in [-0.2, 0) is 16.2 Å². The molecule has 2 heterocycles. The van der Waals surface area contributed by atoms with Crippen molar-refractivity contribution in [2.24, 2.45) is 0 Å². The van der Waals surface area contributed by atoms with E-state index in [0.29, 0.717) is 39.9 Å². The predicted molar refractivity (Wildman–Crippen MR) is 137 cm³/mol. The van der Waals surface area contributed by atoms with E-state index in [1.54, 1.807) is 59.4 Å². The first-order chi connectivity index (χ1) is 17.0. The van der Waals surface area contributed by atoms with E-state index in [0.717, 1.165) is 11.3 Å². The molecule has 1 fully saturated rings. The van der Waals surface area contributed by atoms with Gasteiger partial charge in [-0.1, -0.05) is 23.7 Å². The number of urea groups is 1. The molecule has 1 atom stereocenters. The molecule has 3 amide bonds. The number of carbonyl (C=O) groups is 2. The summed E-state index contributed by atoms with van der Waals surface area (Å²) in [6.07, 6.45) is 0. The maximum atomic E-state index is 14.1. The number of hydrogen-bond donors (Lipinski definition) is 1. The number of nitrogens with one attached hydrogen (secondary N) is 1. The number of rotatable bonds is 4. The molecule has 3 aromatic rings. The third-order valence-electron chi connectivity index (χ3n) is 6.14. The van der Waals surface area contributed by atoms with Crippen LogP contribution in [0.3, 0.4) is 0 Å². The molecule has 35 heavy (non-hydrogen) atoms. The van der Waals surface area contributed by atoms with Crippen molar-refractivity contribution in [2.45, 2.75) is 11.4 Å². The van der Waals surface area contributed by atoms with Gasteiger partial charge in [0, 0.05) is 28.6 Å². The van der Waals surface area contributed by atoms with E-state index in [9.17, 15) is 14.9 Å². The molecule has 3 aromatic carbocycles. The van der Waals surface area contributed by atoms with Crippen molar-refractivity contribution in [3.63, 3.8) is 0 Å². The third-order valence-corrected chi connectivity index (χ3v) is 7.81. The van der Waals surface area contributed by atoms with Gasteiger partial charge in [0.25, 0.3) is 5.91 Å². The van der Waals surface area contributed by atoms with Crippen LogP contribution in [0, 0.1) is 11.3 Å². The highest BCUT2D eigenvalue weighted by Crippen LogP contribution is 2.55. The van der Waals surface area contributed by atoms with E-state index in [2.05, 4.69) is 11.4 Å². The standard InChI is InChI=1S/C26H21ClN4O3S/c1-34-21-9-10-23-22(14-21)26(24(32)30(23)16-18-4-2-3-17(13-18)15-28)31(11-12-35-26)25(33)29-20-7-5-19(27)6-8-20/h2-10,13-14H,11-12,16H2,1H3,(H,29,33). The lowest BCUT2D eigenvalue weighted by Gasteiger charge is -2.33. The van der Waals surface area contributed by atoms with Crippen LogP contribution in [0.1, 0.15) is 16.7 Å². The zero-order valence-corrected chi connectivity index (χ0v) is 20.4. The van der Waals surface area contributed by atoms with Gasteiger partial charge in [0.15, 0.2) is 4.87 Å². The topological polar surface area (TPSA) is 85.7 Å². The smallest absolute Gasteiger partial charge is 0.323 e. The average molecular weight is 505 g/mol. The minimum atomic E-state index is -1.22. The molecule has 1 spiro atoms. The molecule has 1 N–H and O–H groups in total. The number of halogens is 1. The lowest BCUT2D eigenvalue weighted by Crippen LogP contribution is -2.51. The van der Waals surface area contributed by atoms with E-state index < -0.39 is 4.87 Å². The average Bonchev–Trinajstić information content (AvgIpc) is 3.42. The van der Waals surface area contributed by atoms with E-state index in [1.807, 2.05) is 24.3 Å². The quantitative estimate of drug-likeness (QED) is 0.527. The SMILES string of the molecule is COc1ccc2c(c1)C1(SCCN1C(=O)Nc1ccc(Cl)cc1)C(=O)N2Cc1cccc(C#N)c1. The van der Waals surface area contributed by atoms with Gasteiger partial charge in [-0.3, -0.25) is 9.69 Å². The van der Waals surface area contributed by atoms with E-state index in [1.165, 1.54) is 11.8 Å². The number of thioether (sulfide) groups is 1. The van der Waals surface area contributed by atoms with Crippen LogP contribution in [0.5, 0.6) is 5.75 Å². The van der Waals surface area contributed by atoms with Gasteiger partial charge in [-0.2, -0.15) is 5.26 Å². The predicted octanol–water partition coefficient (Wildman–Crippen LogP) is 5.20.